The maximum absolute atomic E-state index is 5.66. The first-order chi connectivity index (χ1) is 5.77. The topological polar surface area (TPSA) is 64.9 Å². The highest BCUT2D eigenvalue weighted by Crippen LogP contribution is 2.05. The zero-order valence-electron chi connectivity index (χ0n) is 6.70. The van der Waals surface area contributed by atoms with Crippen molar-refractivity contribution < 1.29 is 0 Å². The van der Waals surface area contributed by atoms with E-state index in [1.165, 1.54) is 0 Å². The van der Waals surface area contributed by atoms with Gasteiger partial charge in [0.05, 0.1) is 11.7 Å². The van der Waals surface area contributed by atoms with Crippen LogP contribution in [-0.4, -0.2) is 11.5 Å². The molecule has 0 bridgehead atoms. The molecule has 1 atom stereocenters. The van der Waals surface area contributed by atoms with Crippen LogP contribution in [0.2, 0.25) is 0 Å². The van der Waals surface area contributed by atoms with E-state index in [2.05, 4.69) is 10.9 Å². The van der Waals surface area contributed by atoms with E-state index < -0.39 is 0 Å². The summed E-state index contributed by atoms with van der Waals surface area (Å²) in [4.78, 5) is 4.12. The van der Waals surface area contributed by atoms with Gasteiger partial charge < -0.3 is 11.5 Å². The van der Waals surface area contributed by atoms with Crippen molar-refractivity contribution in [1.29, 1.82) is 0 Å². The van der Waals surface area contributed by atoms with Gasteiger partial charge in [-0.15, -0.1) is 6.42 Å². The fourth-order valence-electron chi connectivity index (χ4n) is 0.859. The first kappa shape index (κ1) is 8.72. The van der Waals surface area contributed by atoms with Crippen LogP contribution < -0.4 is 11.5 Å². The molecule has 0 amide bonds. The molecule has 1 heterocycles. The summed E-state index contributed by atoms with van der Waals surface area (Å²) >= 11 is 0. The van der Waals surface area contributed by atoms with Gasteiger partial charge in [-0.25, -0.2) is 4.98 Å². The third-order valence-corrected chi connectivity index (χ3v) is 1.55. The Kier molecular flexibility index (Phi) is 2.81. The molecule has 1 aromatic rings. The normalized spacial score (nSPS) is 12.1. The predicted octanol–water partition coefficient (Wildman–Crippen LogP) is 0.0214. The molecule has 0 fully saturated rings. The van der Waals surface area contributed by atoms with Gasteiger partial charge in [0.15, 0.2) is 0 Å². The largest absolute Gasteiger partial charge is 0.329 e. The summed E-state index contributed by atoms with van der Waals surface area (Å²) in [5, 5.41) is 0. The van der Waals surface area contributed by atoms with E-state index in [-0.39, 0.29) is 6.04 Å². The minimum absolute atomic E-state index is 0.224. The van der Waals surface area contributed by atoms with Crippen molar-refractivity contribution in [3.63, 3.8) is 0 Å². The fraction of sp³-hybridized carbons (Fsp3) is 0.222. The van der Waals surface area contributed by atoms with Gasteiger partial charge in [-0.2, -0.15) is 0 Å². The zero-order chi connectivity index (χ0) is 8.97. The van der Waals surface area contributed by atoms with Crippen LogP contribution >= 0.6 is 0 Å². The monoisotopic (exact) mass is 161 g/mol. The lowest BCUT2D eigenvalue weighted by Gasteiger charge is -2.07. The number of hydrogen-bond donors (Lipinski definition) is 2. The number of terminal acetylenes is 1. The number of nitrogens with zero attached hydrogens (tertiary/aromatic N) is 1. The quantitative estimate of drug-likeness (QED) is 0.601. The summed E-state index contributed by atoms with van der Waals surface area (Å²) in [7, 11) is 0. The van der Waals surface area contributed by atoms with Gasteiger partial charge in [0, 0.05) is 6.54 Å². The minimum atomic E-state index is -0.224. The molecule has 0 saturated carbocycles. The maximum Gasteiger partial charge on any atom is 0.113 e. The SMILES string of the molecule is C#Cc1cccc([C@H](N)CN)n1. The first-order valence-corrected chi connectivity index (χ1v) is 3.67. The van der Waals surface area contributed by atoms with Crippen LogP contribution in [0, 0.1) is 12.3 Å². The van der Waals surface area contributed by atoms with Gasteiger partial charge in [-0.1, -0.05) is 12.0 Å². The summed E-state index contributed by atoms with van der Waals surface area (Å²) < 4.78 is 0. The Bertz CT molecular complexity index is 301. The highest BCUT2D eigenvalue weighted by atomic mass is 14.8. The van der Waals surface area contributed by atoms with Crippen molar-refractivity contribution in [3.05, 3.63) is 29.6 Å². The molecule has 1 rings (SSSR count). The molecule has 0 aliphatic heterocycles. The van der Waals surface area contributed by atoms with E-state index in [1.807, 2.05) is 12.1 Å². The molecule has 0 aliphatic carbocycles. The minimum Gasteiger partial charge on any atom is -0.329 e. The zero-order valence-corrected chi connectivity index (χ0v) is 6.70. The molecule has 0 aliphatic rings. The average molecular weight is 161 g/mol. The van der Waals surface area contributed by atoms with Crippen LogP contribution in [0.5, 0.6) is 0 Å². The van der Waals surface area contributed by atoms with E-state index in [4.69, 9.17) is 17.9 Å². The summed E-state index contributed by atoms with van der Waals surface area (Å²) in [5.74, 6) is 2.44. The molecule has 0 saturated heterocycles. The van der Waals surface area contributed by atoms with Crippen molar-refractivity contribution in [2.24, 2.45) is 11.5 Å². The van der Waals surface area contributed by atoms with Crippen molar-refractivity contribution >= 4 is 0 Å². The van der Waals surface area contributed by atoms with E-state index in [0.29, 0.717) is 12.2 Å². The van der Waals surface area contributed by atoms with Gasteiger partial charge in [0.25, 0.3) is 0 Å². The summed E-state index contributed by atoms with van der Waals surface area (Å²) in [6.07, 6.45) is 5.18. The Morgan fingerprint density at radius 2 is 2.33 bits per heavy atom. The second-order valence-corrected chi connectivity index (χ2v) is 2.43. The highest BCUT2D eigenvalue weighted by Gasteiger charge is 2.04. The number of hydrogen-bond acceptors (Lipinski definition) is 3. The summed E-state index contributed by atoms with van der Waals surface area (Å²) in [6, 6.07) is 5.18. The lowest BCUT2D eigenvalue weighted by atomic mass is 10.2. The molecule has 0 radical (unpaired) electrons. The van der Waals surface area contributed by atoms with Crippen LogP contribution in [0.15, 0.2) is 18.2 Å². The maximum atomic E-state index is 5.66. The Hall–Kier alpha value is -1.37. The fourth-order valence-corrected chi connectivity index (χ4v) is 0.859. The van der Waals surface area contributed by atoms with Crippen LogP contribution in [0.25, 0.3) is 0 Å². The lowest BCUT2D eigenvalue weighted by Crippen LogP contribution is -2.21. The molecule has 3 heteroatoms. The Morgan fingerprint density at radius 1 is 1.58 bits per heavy atom. The smallest absolute Gasteiger partial charge is 0.113 e. The van der Waals surface area contributed by atoms with E-state index in [1.54, 1.807) is 6.07 Å². The van der Waals surface area contributed by atoms with Crippen molar-refractivity contribution in [3.8, 4) is 12.3 Å². The molecule has 3 nitrogen and oxygen atoms in total. The van der Waals surface area contributed by atoms with E-state index in [9.17, 15) is 0 Å². The molecule has 0 aromatic carbocycles. The average Bonchev–Trinajstić information content (AvgIpc) is 2.17. The molecule has 4 N–H and O–H groups in total. The molecule has 12 heavy (non-hydrogen) atoms. The molecule has 1 aromatic heterocycles. The summed E-state index contributed by atoms with van der Waals surface area (Å²) in [6.45, 7) is 0.376. The van der Waals surface area contributed by atoms with E-state index >= 15 is 0 Å². The Labute approximate surface area is 71.8 Å². The molecule has 0 unspecified atom stereocenters. The number of aromatic nitrogens is 1. The van der Waals surface area contributed by atoms with E-state index in [0.717, 1.165) is 5.69 Å². The number of rotatable bonds is 2. The number of nitrogens with two attached hydrogens (primary N) is 2. The Morgan fingerprint density at radius 3 is 2.92 bits per heavy atom. The predicted molar refractivity (Wildman–Crippen MR) is 48.2 cm³/mol. The van der Waals surface area contributed by atoms with Crippen molar-refractivity contribution in [1.82, 2.24) is 4.98 Å². The molecule has 0 spiro atoms. The van der Waals surface area contributed by atoms with Gasteiger partial charge in [0.2, 0.25) is 0 Å². The summed E-state index contributed by atoms with van der Waals surface area (Å²) in [5.41, 5.74) is 12.4. The van der Waals surface area contributed by atoms with Crippen LogP contribution in [0.3, 0.4) is 0 Å². The Balaban J connectivity index is 2.95. The van der Waals surface area contributed by atoms with Crippen LogP contribution in [-0.2, 0) is 0 Å². The van der Waals surface area contributed by atoms with Gasteiger partial charge in [-0.3, -0.25) is 0 Å². The van der Waals surface area contributed by atoms with Gasteiger partial charge in [0.1, 0.15) is 5.69 Å². The second kappa shape index (κ2) is 3.86. The van der Waals surface area contributed by atoms with Crippen LogP contribution in [0.1, 0.15) is 17.4 Å². The molecule has 62 valence electrons. The molecular formula is C9H11N3. The number of pyridine rings is 1. The van der Waals surface area contributed by atoms with Crippen molar-refractivity contribution in [2.75, 3.05) is 6.54 Å². The third kappa shape index (κ3) is 1.82. The third-order valence-electron chi connectivity index (χ3n) is 1.55. The second-order valence-electron chi connectivity index (χ2n) is 2.43. The molecular weight excluding hydrogens is 150 g/mol. The van der Waals surface area contributed by atoms with Gasteiger partial charge in [-0.05, 0) is 12.1 Å². The van der Waals surface area contributed by atoms with Crippen molar-refractivity contribution in [2.45, 2.75) is 6.04 Å². The lowest BCUT2D eigenvalue weighted by molar-refractivity contribution is 0.710. The first-order valence-electron chi connectivity index (χ1n) is 3.67. The van der Waals surface area contributed by atoms with Gasteiger partial charge >= 0.3 is 0 Å². The highest BCUT2D eigenvalue weighted by molar-refractivity contribution is 5.26. The standard InChI is InChI=1S/C9H11N3/c1-2-7-4-3-5-9(12-7)8(11)6-10/h1,3-5,8H,6,10-11H2/t8-/m1/s1. The van der Waals surface area contributed by atoms with Crippen LogP contribution in [0.4, 0.5) is 0 Å².